The highest BCUT2D eigenvalue weighted by molar-refractivity contribution is 7.89. The lowest BCUT2D eigenvalue weighted by molar-refractivity contribution is 0.472. The summed E-state index contributed by atoms with van der Waals surface area (Å²) in [5.41, 5.74) is 5.69. The van der Waals surface area contributed by atoms with Gasteiger partial charge in [-0.2, -0.15) is 4.31 Å². The molecule has 1 atom stereocenters. The molecule has 4 nitrogen and oxygen atoms in total. The van der Waals surface area contributed by atoms with Crippen molar-refractivity contribution in [2.45, 2.75) is 17.4 Å². The maximum absolute atomic E-state index is 12.1. The molecule has 0 aromatic heterocycles. The summed E-state index contributed by atoms with van der Waals surface area (Å²) >= 11 is 0. The Morgan fingerprint density at radius 3 is 2.38 bits per heavy atom. The molecule has 90 valence electrons. The normalized spacial score (nSPS) is 21.7. The number of benzene rings is 1. The summed E-state index contributed by atoms with van der Waals surface area (Å²) < 4.78 is 25.6. The Balaban J connectivity index is 0.00000128. The first-order valence-corrected chi connectivity index (χ1v) is 6.35. The summed E-state index contributed by atoms with van der Waals surface area (Å²) in [5, 5.41) is 0. The molecule has 1 aliphatic rings. The lowest BCUT2D eigenvalue weighted by Crippen LogP contribution is -2.31. The molecule has 1 heterocycles. The molecular weight excluding hydrogens is 248 g/mol. The van der Waals surface area contributed by atoms with Crippen LogP contribution in [0, 0.1) is 0 Å². The molecule has 1 aliphatic heterocycles. The van der Waals surface area contributed by atoms with Crippen molar-refractivity contribution >= 4 is 22.4 Å². The summed E-state index contributed by atoms with van der Waals surface area (Å²) in [6.45, 7) is 0.954. The fourth-order valence-corrected chi connectivity index (χ4v) is 3.25. The van der Waals surface area contributed by atoms with Crippen molar-refractivity contribution in [2.24, 2.45) is 5.73 Å². The molecule has 0 aliphatic carbocycles. The monoisotopic (exact) mass is 262 g/mol. The van der Waals surface area contributed by atoms with Crippen LogP contribution in [0.3, 0.4) is 0 Å². The van der Waals surface area contributed by atoms with Gasteiger partial charge < -0.3 is 5.73 Å². The van der Waals surface area contributed by atoms with Crippen LogP contribution < -0.4 is 5.73 Å². The first kappa shape index (κ1) is 13.4. The first-order chi connectivity index (χ1) is 7.10. The summed E-state index contributed by atoms with van der Waals surface area (Å²) in [6, 6.07) is 8.45. The van der Waals surface area contributed by atoms with Crippen LogP contribution in [-0.2, 0) is 10.0 Å². The van der Waals surface area contributed by atoms with Crippen molar-refractivity contribution < 1.29 is 8.42 Å². The van der Waals surface area contributed by atoms with Gasteiger partial charge in [-0.05, 0) is 18.6 Å². The van der Waals surface area contributed by atoms with E-state index in [0.717, 1.165) is 6.42 Å². The van der Waals surface area contributed by atoms with Gasteiger partial charge in [-0.1, -0.05) is 18.2 Å². The minimum atomic E-state index is -3.32. The second-order valence-electron chi connectivity index (χ2n) is 3.72. The third-order valence-electron chi connectivity index (χ3n) is 2.57. The topological polar surface area (TPSA) is 63.4 Å². The third kappa shape index (κ3) is 2.55. The van der Waals surface area contributed by atoms with Crippen LogP contribution in [0.15, 0.2) is 35.2 Å². The van der Waals surface area contributed by atoms with Gasteiger partial charge in [0.2, 0.25) is 10.0 Å². The molecule has 2 N–H and O–H groups in total. The molecule has 1 unspecified atom stereocenters. The second-order valence-corrected chi connectivity index (χ2v) is 5.66. The number of nitrogens with two attached hydrogens (primary N) is 1. The van der Waals surface area contributed by atoms with E-state index in [1.54, 1.807) is 30.3 Å². The fourth-order valence-electron chi connectivity index (χ4n) is 1.71. The zero-order chi connectivity index (χ0) is 10.9. The SMILES string of the molecule is Cl.NC1CCN(S(=O)(=O)c2ccccc2)C1. The minimum absolute atomic E-state index is 0. The van der Waals surface area contributed by atoms with E-state index in [9.17, 15) is 8.42 Å². The number of halogens is 1. The second kappa shape index (κ2) is 5.14. The van der Waals surface area contributed by atoms with Crippen molar-refractivity contribution in [1.29, 1.82) is 0 Å². The van der Waals surface area contributed by atoms with Crippen LogP contribution in [-0.4, -0.2) is 31.9 Å². The van der Waals surface area contributed by atoms with Crippen LogP contribution in [0.4, 0.5) is 0 Å². The van der Waals surface area contributed by atoms with Crippen molar-refractivity contribution in [3.63, 3.8) is 0 Å². The van der Waals surface area contributed by atoms with Gasteiger partial charge in [0.15, 0.2) is 0 Å². The average molecular weight is 263 g/mol. The predicted octanol–water partition coefficient (Wildman–Crippen LogP) is 0.830. The molecule has 6 heteroatoms. The molecule has 0 spiro atoms. The lowest BCUT2D eigenvalue weighted by Gasteiger charge is -2.15. The Morgan fingerprint density at radius 1 is 1.25 bits per heavy atom. The van der Waals surface area contributed by atoms with Gasteiger partial charge in [0.1, 0.15) is 0 Å². The Hall–Kier alpha value is -0.620. The highest BCUT2D eigenvalue weighted by Crippen LogP contribution is 2.19. The quantitative estimate of drug-likeness (QED) is 0.859. The van der Waals surface area contributed by atoms with Gasteiger partial charge in [-0.3, -0.25) is 0 Å². The molecule has 1 saturated heterocycles. The Bertz CT molecular complexity index is 435. The molecule has 2 rings (SSSR count). The van der Waals surface area contributed by atoms with Gasteiger partial charge in [-0.25, -0.2) is 8.42 Å². The number of hydrogen-bond acceptors (Lipinski definition) is 3. The van der Waals surface area contributed by atoms with Crippen molar-refractivity contribution in [1.82, 2.24) is 4.31 Å². The zero-order valence-electron chi connectivity index (χ0n) is 8.74. The number of sulfonamides is 1. The number of nitrogens with zero attached hydrogens (tertiary/aromatic N) is 1. The van der Waals surface area contributed by atoms with Crippen molar-refractivity contribution in [3.05, 3.63) is 30.3 Å². The Labute approximate surface area is 102 Å². The molecule has 0 amide bonds. The maximum Gasteiger partial charge on any atom is 0.243 e. The summed E-state index contributed by atoms with van der Waals surface area (Å²) in [7, 11) is -3.32. The van der Waals surface area contributed by atoms with Crippen LogP contribution >= 0.6 is 12.4 Å². The lowest BCUT2D eigenvalue weighted by atomic mass is 10.3. The molecule has 1 aromatic rings. The summed E-state index contributed by atoms with van der Waals surface area (Å²) in [4.78, 5) is 0.346. The predicted molar refractivity (Wildman–Crippen MR) is 65.0 cm³/mol. The zero-order valence-corrected chi connectivity index (χ0v) is 10.4. The van der Waals surface area contributed by atoms with E-state index in [4.69, 9.17) is 5.73 Å². The highest BCUT2D eigenvalue weighted by atomic mass is 35.5. The number of rotatable bonds is 2. The van der Waals surface area contributed by atoms with E-state index in [-0.39, 0.29) is 18.4 Å². The van der Waals surface area contributed by atoms with E-state index >= 15 is 0 Å². The van der Waals surface area contributed by atoms with Gasteiger partial charge in [0.05, 0.1) is 4.90 Å². The molecular formula is C10H15ClN2O2S. The standard InChI is InChI=1S/C10H14N2O2S.ClH/c11-9-6-7-12(8-9)15(13,14)10-4-2-1-3-5-10;/h1-5,9H,6-8,11H2;1H. The third-order valence-corrected chi connectivity index (χ3v) is 4.45. The number of hydrogen-bond donors (Lipinski definition) is 1. The van der Waals surface area contributed by atoms with Gasteiger partial charge in [-0.15, -0.1) is 12.4 Å². The molecule has 1 fully saturated rings. The van der Waals surface area contributed by atoms with Gasteiger partial charge in [0.25, 0.3) is 0 Å². The van der Waals surface area contributed by atoms with Crippen LogP contribution in [0.1, 0.15) is 6.42 Å². The first-order valence-electron chi connectivity index (χ1n) is 4.91. The van der Waals surface area contributed by atoms with Crippen molar-refractivity contribution in [2.75, 3.05) is 13.1 Å². The average Bonchev–Trinajstić information content (AvgIpc) is 2.67. The summed E-state index contributed by atoms with van der Waals surface area (Å²) in [6.07, 6.45) is 0.742. The minimum Gasteiger partial charge on any atom is -0.326 e. The Kier molecular flexibility index (Phi) is 4.32. The van der Waals surface area contributed by atoms with Crippen LogP contribution in [0.25, 0.3) is 0 Å². The van der Waals surface area contributed by atoms with E-state index in [1.807, 2.05) is 0 Å². The van der Waals surface area contributed by atoms with E-state index < -0.39 is 10.0 Å². The van der Waals surface area contributed by atoms with Gasteiger partial charge in [0, 0.05) is 19.1 Å². The van der Waals surface area contributed by atoms with E-state index in [0.29, 0.717) is 18.0 Å². The fraction of sp³-hybridized carbons (Fsp3) is 0.400. The smallest absolute Gasteiger partial charge is 0.243 e. The highest BCUT2D eigenvalue weighted by Gasteiger charge is 2.30. The van der Waals surface area contributed by atoms with Gasteiger partial charge >= 0.3 is 0 Å². The molecule has 0 bridgehead atoms. The van der Waals surface area contributed by atoms with Crippen LogP contribution in [0.2, 0.25) is 0 Å². The van der Waals surface area contributed by atoms with Crippen molar-refractivity contribution in [3.8, 4) is 0 Å². The van der Waals surface area contributed by atoms with E-state index in [2.05, 4.69) is 0 Å². The molecule has 1 aromatic carbocycles. The summed E-state index contributed by atoms with van der Waals surface area (Å²) in [5.74, 6) is 0. The van der Waals surface area contributed by atoms with Crippen LogP contribution in [0.5, 0.6) is 0 Å². The van der Waals surface area contributed by atoms with E-state index in [1.165, 1.54) is 4.31 Å². The molecule has 16 heavy (non-hydrogen) atoms. The molecule has 0 saturated carbocycles. The Morgan fingerprint density at radius 2 is 1.88 bits per heavy atom. The largest absolute Gasteiger partial charge is 0.326 e. The maximum atomic E-state index is 12.1. The molecule has 0 radical (unpaired) electrons.